The Labute approximate surface area is 174 Å². The van der Waals surface area contributed by atoms with Gasteiger partial charge in [0.15, 0.2) is 5.78 Å². The number of hydrogen-bond acceptors (Lipinski definition) is 7. The molecule has 2 aromatic rings. The Morgan fingerprint density at radius 1 is 1.27 bits per heavy atom. The van der Waals surface area contributed by atoms with E-state index in [0.29, 0.717) is 6.42 Å². The van der Waals surface area contributed by atoms with E-state index >= 15 is 0 Å². The largest absolute Gasteiger partial charge is 0.508 e. The van der Waals surface area contributed by atoms with E-state index in [9.17, 15) is 23.1 Å². The molecule has 2 saturated heterocycles. The summed E-state index contributed by atoms with van der Waals surface area (Å²) >= 11 is 0. The van der Waals surface area contributed by atoms with E-state index < -0.39 is 28.1 Å². The highest BCUT2D eigenvalue weighted by Gasteiger charge is 2.54. The standard InChI is InChI=1S/C20H22N4O5S/c21-16(10-13-3-5-14(25)6-4-13)20(27)23-9-7-17-19(23)18(26)12-24(17)30(28,29)15-2-1-8-22-11-15/h1-6,8,11,16-17,19,25H,7,9-10,12,21H2. The Kier molecular flexibility index (Phi) is 5.31. The zero-order valence-corrected chi connectivity index (χ0v) is 16.9. The Balaban J connectivity index is 1.51. The number of aromatic nitrogens is 1. The number of nitrogens with zero attached hydrogens (tertiary/aromatic N) is 3. The zero-order valence-electron chi connectivity index (χ0n) is 16.1. The molecular formula is C20H22N4O5S. The van der Waals surface area contributed by atoms with Crippen molar-refractivity contribution in [1.29, 1.82) is 0 Å². The average molecular weight is 430 g/mol. The number of sulfonamides is 1. The lowest BCUT2D eigenvalue weighted by Crippen LogP contribution is -2.50. The Bertz CT molecular complexity index is 1060. The number of Topliss-reactive ketones (excluding diaryl/α,β-unsaturated/α-hetero) is 1. The van der Waals surface area contributed by atoms with Crippen molar-refractivity contribution in [2.45, 2.75) is 35.9 Å². The summed E-state index contributed by atoms with van der Waals surface area (Å²) in [6.07, 6.45) is 3.34. The van der Waals surface area contributed by atoms with Gasteiger partial charge >= 0.3 is 0 Å². The number of phenolic OH excluding ortho intramolecular Hbond substituents is 1. The van der Waals surface area contributed by atoms with Gasteiger partial charge in [-0.3, -0.25) is 14.6 Å². The molecule has 2 aliphatic heterocycles. The Morgan fingerprint density at radius 3 is 2.67 bits per heavy atom. The summed E-state index contributed by atoms with van der Waals surface area (Å²) in [6, 6.07) is 7.05. The molecule has 0 radical (unpaired) electrons. The fourth-order valence-corrected chi connectivity index (χ4v) is 5.75. The first-order chi connectivity index (χ1) is 14.3. The highest BCUT2D eigenvalue weighted by atomic mass is 32.2. The minimum absolute atomic E-state index is 0.0206. The fourth-order valence-electron chi connectivity index (χ4n) is 4.16. The smallest absolute Gasteiger partial charge is 0.245 e. The van der Waals surface area contributed by atoms with Gasteiger partial charge in [-0.15, -0.1) is 0 Å². The highest BCUT2D eigenvalue weighted by molar-refractivity contribution is 7.89. The van der Waals surface area contributed by atoms with Crippen LogP contribution in [0.1, 0.15) is 12.0 Å². The number of ketones is 1. The SMILES string of the molecule is NC(Cc1ccc(O)cc1)C(=O)N1CCC2C1C(=O)CN2S(=O)(=O)c1cccnc1. The maximum Gasteiger partial charge on any atom is 0.245 e. The van der Waals surface area contributed by atoms with E-state index in [1.807, 2.05) is 0 Å². The average Bonchev–Trinajstić information content (AvgIpc) is 3.31. The van der Waals surface area contributed by atoms with Gasteiger partial charge in [0.2, 0.25) is 15.9 Å². The minimum atomic E-state index is -3.89. The van der Waals surface area contributed by atoms with E-state index in [-0.39, 0.29) is 41.8 Å². The fraction of sp³-hybridized carbons (Fsp3) is 0.350. The molecule has 2 aliphatic rings. The van der Waals surface area contributed by atoms with Crippen LogP contribution >= 0.6 is 0 Å². The third-order valence-corrected chi connectivity index (χ3v) is 7.47. The lowest BCUT2D eigenvalue weighted by atomic mass is 10.0. The molecule has 3 N–H and O–H groups in total. The Hall–Kier alpha value is -2.82. The van der Waals surface area contributed by atoms with Gasteiger partial charge < -0.3 is 15.7 Å². The van der Waals surface area contributed by atoms with Crippen LogP contribution in [0.2, 0.25) is 0 Å². The first kappa shape index (κ1) is 20.5. The van der Waals surface area contributed by atoms with Crippen LogP contribution in [0, 0.1) is 0 Å². The Morgan fingerprint density at radius 2 is 2.00 bits per heavy atom. The van der Waals surface area contributed by atoms with Crippen molar-refractivity contribution in [1.82, 2.24) is 14.2 Å². The van der Waals surface area contributed by atoms with E-state index in [1.165, 1.54) is 45.9 Å². The quantitative estimate of drug-likeness (QED) is 0.676. The number of likely N-dealkylation sites (tertiary alicyclic amines) is 1. The van der Waals surface area contributed by atoms with Gasteiger partial charge in [-0.05, 0) is 42.7 Å². The van der Waals surface area contributed by atoms with Crippen LogP contribution in [0.3, 0.4) is 0 Å². The second-order valence-electron chi connectivity index (χ2n) is 7.51. The van der Waals surface area contributed by atoms with Gasteiger partial charge in [-0.25, -0.2) is 8.42 Å². The van der Waals surface area contributed by atoms with Crippen molar-refractivity contribution in [2.24, 2.45) is 5.73 Å². The summed E-state index contributed by atoms with van der Waals surface area (Å²) < 4.78 is 27.2. The lowest BCUT2D eigenvalue weighted by Gasteiger charge is -2.26. The monoisotopic (exact) mass is 430 g/mol. The molecule has 2 fully saturated rings. The minimum Gasteiger partial charge on any atom is -0.508 e. The number of benzene rings is 1. The topological polar surface area (TPSA) is 134 Å². The van der Waals surface area contributed by atoms with Gasteiger partial charge in [0.05, 0.1) is 18.6 Å². The maximum absolute atomic E-state index is 13.0. The summed E-state index contributed by atoms with van der Waals surface area (Å²) in [7, 11) is -3.89. The number of aromatic hydroxyl groups is 1. The third-order valence-electron chi connectivity index (χ3n) is 5.61. The van der Waals surface area contributed by atoms with Gasteiger partial charge in [-0.1, -0.05) is 12.1 Å². The summed E-state index contributed by atoms with van der Waals surface area (Å²) in [5.41, 5.74) is 6.88. The van der Waals surface area contributed by atoms with Crippen molar-refractivity contribution in [3.63, 3.8) is 0 Å². The number of pyridine rings is 1. The number of carbonyl (C=O) groups excluding carboxylic acids is 2. The predicted molar refractivity (Wildman–Crippen MR) is 107 cm³/mol. The number of hydrogen-bond donors (Lipinski definition) is 2. The molecule has 3 unspecified atom stereocenters. The molecule has 158 valence electrons. The van der Waals surface area contributed by atoms with Crippen LogP contribution in [0.5, 0.6) is 5.75 Å². The first-order valence-electron chi connectivity index (χ1n) is 9.57. The summed E-state index contributed by atoms with van der Waals surface area (Å²) in [5, 5.41) is 9.38. The van der Waals surface area contributed by atoms with Gasteiger partial charge in [0.1, 0.15) is 16.7 Å². The molecule has 1 aromatic heterocycles. The number of amides is 1. The molecule has 0 aliphatic carbocycles. The summed E-state index contributed by atoms with van der Waals surface area (Å²) in [6.45, 7) is -0.00815. The first-order valence-corrected chi connectivity index (χ1v) is 11.0. The number of phenols is 1. The zero-order chi connectivity index (χ0) is 21.5. The van der Waals surface area contributed by atoms with Gasteiger partial charge in [0.25, 0.3) is 0 Å². The van der Waals surface area contributed by atoms with Crippen molar-refractivity contribution in [2.75, 3.05) is 13.1 Å². The third kappa shape index (κ3) is 3.57. The van der Waals surface area contributed by atoms with Crippen molar-refractivity contribution in [3.05, 3.63) is 54.4 Å². The number of fused-ring (bicyclic) bond motifs is 1. The van der Waals surface area contributed by atoms with E-state index in [1.54, 1.807) is 12.1 Å². The summed E-state index contributed by atoms with van der Waals surface area (Å²) in [5.74, 6) is -0.577. The maximum atomic E-state index is 13.0. The molecule has 0 bridgehead atoms. The van der Waals surface area contributed by atoms with Crippen molar-refractivity contribution < 1.29 is 23.1 Å². The second-order valence-corrected chi connectivity index (χ2v) is 9.41. The van der Waals surface area contributed by atoms with Crippen LogP contribution in [0.25, 0.3) is 0 Å². The van der Waals surface area contributed by atoms with Crippen molar-refractivity contribution in [3.8, 4) is 5.75 Å². The van der Waals surface area contributed by atoms with Crippen LogP contribution in [0.15, 0.2) is 53.7 Å². The van der Waals surface area contributed by atoms with Crippen LogP contribution in [-0.4, -0.2) is 70.6 Å². The van der Waals surface area contributed by atoms with Crippen LogP contribution < -0.4 is 5.73 Å². The van der Waals surface area contributed by atoms with E-state index in [2.05, 4.69) is 4.98 Å². The molecule has 0 spiro atoms. The predicted octanol–water partition coefficient (Wildman–Crippen LogP) is -0.0999. The van der Waals surface area contributed by atoms with E-state index in [0.717, 1.165) is 5.56 Å². The molecule has 1 amide bonds. The van der Waals surface area contributed by atoms with Crippen LogP contribution in [-0.2, 0) is 26.0 Å². The van der Waals surface area contributed by atoms with E-state index in [4.69, 9.17) is 5.73 Å². The molecule has 3 atom stereocenters. The normalized spacial score (nSPS) is 22.8. The molecule has 3 heterocycles. The molecule has 4 rings (SSSR count). The molecule has 30 heavy (non-hydrogen) atoms. The molecule has 9 nitrogen and oxygen atoms in total. The number of nitrogens with two attached hydrogens (primary N) is 1. The van der Waals surface area contributed by atoms with Gasteiger partial charge in [-0.2, -0.15) is 4.31 Å². The molecule has 10 heteroatoms. The number of rotatable bonds is 5. The highest BCUT2D eigenvalue weighted by Crippen LogP contribution is 2.34. The van der Waals surface area contributed by atoms with Crippen molar-refractivity contribution >= 4 is 21.7 Å². The summed E-state index contributed by atoms with van der Waals surface area (Å²) in [4.78, 5) is 30.9. The molecular weight excluding hydrogens is 408 g/mol. The number of carbonyl (C=O) groups is 2. The van der Waals surface area contributed by atoms with Gasteiger partial charge in [0, 0.05) is 18.9 Å². The molecule has 1 aromatic carbocycles. The second kappa shape index (κ2) is 7.78. The lowest BCUT2D eigenvalue weighted by molar-refractivity contribution is -0.137. The van der Waals surface area contributed by atoms with Crippen LogP contribution in [0.4, 0.5) is 0 Å². The molecule has 0 saturated carbocycles.